The maximum Gasteiger partial charge on any atom is 0.244 e. The molecule has 98 valence electrons. The van der Waals surface area contributed by atoms with Crippen LogP contribution in [0.5, 0.6) is 0 Å². The van der Waals surface area contributed by atoms with Crippen molar-refractivity contribution in [2.75, 3.05) is 18.0 Å². The van der Waals surface area contributed by atoms with Crippen molar-refractivity contribution in [3.05, 3.63) is 30.1 Å². The van der Waals surface area contributed by atoms with Gasteiger partial charge in [0.15, 0.2) is 0 Å². The first-order chi connectivity index (χ1) is 8.63. The molecular weight excluding hydrogens is 233 g/mol. The van der Waals surface area contributed by atoms with Gasteiger partial charge in [0.1, 0.15) is 11.9 Å². The van der Waals surface area contributed by atoms with Crippen LogP contribution in [0.3, 0.4) is 0 Å². The number of anilines is 1. The molecule has 1 fully saturated rings. The first-order valence-corrected chi connectivity index (χ1v) is 6.15. The van der Waals surface area contributed by atoms with Crippen molar-refractivity contribution in [2.45, 2.75) is 25.4 Å². The first-order valence-electron chi connectivity index (χ1n) is 6.15. The molecule has 0 aromatic heterocycles. The Labute approximate surface area is 106 Å². The minimum atomic E-state index is -0.508. The molecule has 2 atom stereocenters. The van der Waals surface area contributed by atoms with Crippen LogP contribution in [0.4, 0.5) is 10.1 Å². The van der Waals surface area contributed by atoms with Gasteiger partial charge < -0.3 is 16.0 Å². The molecule has 4 nitrogen and oxygen atoms in total. The van der Waals surface area contributed by atoms with Crippen LogP contribution in [-0.4, -0.2) is 31.1 Å². The summed E-state index contributed by atoms with van der Waals surface area (Å²) >= 11 is 0. The molecule has 0 aliphatic carbocycles. The largest absolute Gasteiger partial charge is 0.356 e. The number of halogens is 1. The van der Waals surface area contributed by atoms with Crippen LogP contribution < -0.4 is 16.0 Å². The number of benzene rings is 1. The average Bonchev–Trinajstić information content (AvgIpc) is 2.48. The molecule has 2 rings (SSSR count). The highest BCUT2D eigenvalue weighted by Crippen LogP contribution is 2.23. The lowest BCUT2D eigenvalue weighted by Gasteiger charge is -2.29. The van der Waals surface area contributed by atoms with Crippen molar-refractivity contribution >= 4 is 11.6 Å². The lowest BCUT2D eigenvalue weighted by atomic mass is 10.2. The zero-order valence-electron chi connectivity index (χ0n) is 10.4. The molecule has 3 N–H and O–H groups in total. The second-order valence-electron chi connectivity index (χ2n) is 4.59. The Morgan fingerprint density at radius 2 is 2.22 bits per heavy atom. The van der Waals surface area contributed by atoms with E-state index in [1.807, 2.05) is 6.92 Å². The summed E-state index contributed by atoms with van der Waals surface area (Å²) < 4.78 is 13.8. The summed E-state index contributed by atoms with van der Waals surface area (Å²) in [5, 5.41) is 2.88. The van der Waals surface area contributed by atoms with Gasteiger partial charge in [0.05, 0.1) is 5.69 Å². The van der Waals surface area contributed by atoms with Crippen molar-refractivity contribution in [3.63, 3.8) is 0 Å². The third-order valence-corrected chi connectivity index (χ3v) is 3.26. The van der Waals surface area contributed by atoms with Crippen molar-refractivity contribution in [1.82, 2.24) is 5.32 Å². The molecule has 2 unspecified atom stereocenters. The van der Waals surface area contributed by atoms with Crippen LogP contribution >= 0.6 is 0 Å². The fourth-order valence-electron chi connectivity index (χ4n) is 2.25. The number of rotatable bonds is 2. The van der Waals surface area contributed by atoms with Gasteiger partial charge in [0.2, 0.25) is 5.91 Å². The van der Waals surface area contributed by atoms with Gasteiger partial charge in [-0.2, -0.15) is 0 Å². The number of nitrogens with one attached hydrogen (secondary N) is 1. The lowest BCUT2D eigenvalue weighted by Crippen LogP contribution is -2.49. The summed E-state index contributed by atoms with van der Waals surface area (Å²) in [6.45, 7) is 2.73. The summed E-state index contributed by atoms with van der Waals surface area (Å²) in [7, 11) is 0. The van der Waals surface area contributed by atoms with Gasteiger partial charge in [-0.3, -0.25) is 4.79 Å². The van der Waals surface area contributed by atoms with Crippen molar-refractivity contribution in [1.29, 1.82) is 0 Å². The Morgan fingerprint density at radius 3 is 2.89 bits per heavy atom. The molecule has 1 aromatic carbocycles. The molecule has 5 heteroatoms. The van der Waals surface area contributed by atoms with Crippen LogP contribution in [0.25, 0.3) is 0 Å². The maximum absolute atomic E-state index is 13.8. The van der Waals surface area contributed by atoms with E-state index in [2.05, 4.69) is 5.32 Å². The fraction of sp³-hybridized carbons (Fsp3) is 0.462. The highest BCUT2D eigenvalue weighted by Gasteiger charge is 2.30. The van der Waals surface area contributed by atoms with E-state index in [0.29, 0.717) is 12.2 Å². The van der Waals surface area contributed by atoms with E-state index in [1.54, 1.807) is 23.1 Å². The summed E-state index contributed by atoms with van der Waals surface area (Å²) in [6, 6.07) is 6.06. The highest BCUT2D eigenvalue weighted by atomic mass is 19.1. The van der Waals surface area contributed by atoms with Gasteiger partial charge in [-0.15, -0.1) is 0 Å². The van der Waals surface area contributed by atoms with Crippen LogP contribution in [-0.2, 0) is 4.79 Å². The van der Waals surface area contributed by atoms with Crippen molar-refractivity contribution < 1.29 is 9.18 Å². The standard InChI is InChI=1S/C13H18FN3O/c1-9-6-7-17(12(8-15)13(18)16-9)11-5-3-2-4-10(11)14/h2-5,9,12H,6-8,15H2,1H3,(H,16,18). The van der Waals surface area contributed by atoms with E-state index < -0.39 is 6.04 Å². The number of carbonyl (C=O) groups is 1. The van der Waals surface area contributed by atoms with Gasteiger partial charge in [-0.1, -0.05) is 12.1 Å². The van der Waals surface area contributed by atoms with E-state index in [1.165, 1.54) is 6.07 Å². The second-order valence-corrected chi connectivity index (χ2v) is 4.59. The van der Waals surface area contributed by atoms with Gasteiger partial charge in [0.25, 0.3) is 0 Å². The van der Waals surface area contributed by atoms with Gasteiger partial charge >= 0.3 is 0 Å². The van der Waals surface area contributed by atoms with Gasteiger partial charge in [-0.25, -0.2) is 4.39 Å². The molecule has 18 heavy (non-hydrogen) atoms. The summed E-state index contributed by atoms with van der Waals surface area (Å²) in [4.78, 5) is 13.8. The lowest BCUT2D eigenvalue weighted by molar-refractivity contribution is -0.122. The minimum Gasteiger partial charge on any atom is -0.356 e. The number of nitrogens with zero attached hydrogens (tertiary/aromatic N) is 1. The Hall–Kier alpha value is -1.62. The zero-order chi connectivity index (χ0) is 13.1. The summed E-state index contributed by atoms with van der Waals surface area (Å²) in [5.74, 6) is -0.455. The third-order valence-electron chi connectivity index (χ3n) is 3.26. The first kappa shape index (κ1) is 12.8. The van der Waals surface area contributed by atoms with E-state index in [4.69, 9.17) is 5.73 Å². The number of para-hydroxylation sites is 1. The molecule has 0 spiro atoms. The van der Waals surface area contributed by atoms with Gasteiger partial charge in [0, 0.05) is 19.1 Å². The Morgan fingerprint density at radius 1 is 1.50 bits per heavy atom. The van der Waals surface area contributed by atoms with E-state index in [0.717, 1.165) is 6.42 Å². The Bertz CT molecular complexity index is 438. The Kier molecular flexibility index (Phi) is 3.81. The molecule has 1 aliphatic heterocycles. The molecular formula is C13H18FN3O. The third kappa shape index (κ3) is 2.46. The molecule has 1 heterocycles. The van der Waals surface area contributed by atoms with Crippen LogP contribution in [0.2, 0.25) is 0 Å². The monoisotopic (exact) mass is 251 g/mol. The topological polar surface area (TPSA) is 58.4 Å². The summed E-state index contributed by atoms with van der Waals surface area (Å²) in [6.07, 6.45) is 0.774. The average molecular weight is 251 g/mol. The van der Waals surface area contributed by atoms with Gasteiger partial charge in [-0.05, 0) is 25.5 Å². The van der Waals surface area contributed by atoms with Crippen LogP contribution in [0.15, 0.2) is 24.3 Å². The maximum atomic E-state index is 13.8. The SMILES string of the molecule is CC1CCN(c2ccccc2F)C(CN)C(=O)N1. The molecule has 0 saturated carbocycles. The number of hydrogen-bond acceptors (Lipinski definition) is 3. The molecule has 1 saturated heterocycles. The van der Waals surface area contributed by atoms with Crippen molar-refractivity contribution in [3.8, 4) is 0 Å². The predicted octanol–water partition coefficient (Wildman–Crippen LogP) is 0.868. The zero-order valence-corrected chi connectivity index (χ0v) is 10.4. The normalized spacial score (nSPS) is 24.6. The molecule has 0 radical (unpaired) electrons. The van der Waals surface area contributed by atoms with E-state index in [-0.39, 0.29) is 24.3 Å². The number of nitrogens with two attached hydrogens (primary N) is 1. The number of amides is 1. The molecule has 1 aliphatic rings. The minimum absolute atomic E-state index is 0.0864. The van der Waals surface area contributed by atoms with Crippen LogP contribution in [0, 0.1) is 5.82 Å². The number of hydrogen-bond donors (Lipinski definition) is 2. The molecule has 1 amide bonds. The quantitative estimate of drug-likeness (QED) is 0.820. The van der Waals surface area contributed by atoms with Crippen molar-refractivity contribution in [2.24, 2.45) is 5.73 Å². The molecule has 1 aromatic rings. The summed E-state index contributed by atoms with van der Waals surface area (Å²) in [5.41, 5.74) is 6.10. The van der Waals surface area contributed by atoms with E-state index >= 15 is 0 Å². The van der Waals surface area contributed by atoms with Crippen LogP contribution in [0.1, 0.15) is 13.3 Å². The predicted molar refractivity (Wildman–Crippen MR) is 68.8 cm³/mol. The Balaban J connectivity index is 2.34. The van der Waals surface area contributed by atoms with E-state index in [9.17, 15) is 9.18 Å². The second kappa shape index (κ2) is 5.35. The highest BCUT2D eigenvalue weighted by molar-refractivity contribution is 5.86. The number of carbonyl (C=O) groups excluding carboxylic acids is 1. The fourth-order valence-corrected chi connectivity index (χ4v) is 2.25. The molecule has 0 bridgehead atoms. The smallest absolute Gasteiger partial charge is 0.244 e.